The van der Waals surface area contributed by atoms with Gasteiger partial charge in [0.15, 0.2) is 5.65 Å². The number of aromatic amines is 1. The normalized spacial score (nSPS) is 18.1. The van der Waals surface area contributed by atoms with Crippen molar-refractivity contribution in [2.45, 2.75) is 32.4 Å². The Bertz CT molecular complexity index is 1070. The molecule has 1 saturated heterocycles. The lowest BCUT2D eigenvalue weighted by Gasteiger charge is -2.23. The fourth-order valence-corrected chi connectivity index (χ4v) is 4.42. The van der Waals surface area contributed by atoms with Gasteiger partial charge in [-0.05, 0) is 50.1 Å². The number of H-pyrrole nitrogens is 1. The Morgan fingerprint density at radius 2 is 2.00 bits per heavy atom. The second-order valence-electron chi connectivity index (χ2n) is 7.12. The van der Waals surface area contributed by atoms with Crippen LogP contribution in [0.3, 0.4) is 0 Å². The topological polar surface area (TPSA) is 65.1 Å². The number of urea groups is 1. The van der Waals surface area contributed by atoms with E-state index in [0.717, 1.165) is 11.1 Å². The molecule has 1 aliphatic rings. The number of pyridine rings is 1. The van der Waals surface area contributed by atoms with E-state index in [1.807, 2.05) is 41.8 Å². The Morgan fingerprint density at radius 1 is 1.21 bits per heavy atom. The number of imidazole rings is 1. The molecule has 9 heteroatoms. The van der Waals surface area contributed by atoms with Gasteiger partial charge in [0.25, 0.3) is 0 Å². The quantitative estimate of drug-likeness (QED) is 0.531. The molecule has 0 aliphatic carbocycles. The summed E-state index contributed by atoms with van der Waals surface area (Å²) in [5.41, 5.74) is 2.31. The van der Waals surface area contributed by atoms with Crippen LogP contribution in [0.25, 0.3) is 11.2 Å². The molecular formula is C20H20Cl3N5O. The van der Waals surface area contributed by atoms with E-state index in [1.165, 1.54) is 0 Å². The third-order valence-corrected chi connectivity index (χ3v) is 6.14. The zero-order chi connectivity index (χ0) is 20.7. The molecule has 2 aromatic heterocycles. The monoisotopic (exact) mass is 451 g/mol. The molecule has 29 heavy (non-hydrogen) atoms. The van der Waals surface area contributed by atoms with Crippen LogP contribution in [0.15, 0.2) is 30.3 Å². The van der Waals surface area contributed by atoms with Crippen LogP contribution in [0.4, 0.5) is 4.79 Å². The fraction of sp³-hybridized carbons (Fsp3) is 0.350. The molecule has 1 N–H and O–H groups in total. The number of carbonyl (C=O) groups excluding carboxylic acids is 1. The van der Waals surface area contributed by atoms with Crippen molar-refractivity contribution in [2.75, 3.05) is 13.1 Å². The first kappa shape index (κ1) is 20.3. The summed E-state index contributed by atoms with van der Waals surface area (Å²) >= 11 is 18.3. The third-order valence-electron chi connectivity index (χ3n) is 5.34. The number of halogens is 3. The molecule has 1 aromatic carbocycles. The number of nitrogens with one attached hydrogen (secondary N) is 1. The van der Waals surface area contributed by atoms with Gasteiger partial charge in [-0.3, -0.25) is 0 Å². The van der Waals surface area contributed by atoms with Gasteiger partial charge in [-0.25, -0.2) is 14.8 Å². The zero-order valence-electron chi connectivity index (χ0n) is 16.0. The van der Waals surface area contributed by atoms with Crippen molar-refractivity contribution in [1.82, 2.24) is 24.8 Å². The number of hydrogen-bond donors (Lipinski definition) is 1. The van der Waals surface area contributed by atoms with Gasteiger partial charge in [-0.2, -0.15) is 0 Å². The van der Waals surface area contributed by atoms with Crippen LogP contribution in [0, 0.1) is 0 Å². The summed E-state index contributed by atoms with van der Waals surface area (Å²) in [5.74, 6) is 0.685. The SMILES string of the molecule is CCN1C(=O)N(C(C)c2nc3nc(Cl)ccc3[nH]2)CC1Cc1ccc(Cl)cc1Cl. The van der Waals surface area contributed by atoms with Crippen LogP contribution in [0.1, 0.15) is 31.3 Å². The van der Waals surface area contributed by atoms with Crippen LogP contribution in [0.5, 0.6) is 0 Å². The minimum atomic E-state index is -0.227. The Kier molecular flexibility index (Phi) is 5.60. The molecule has 2 amide bonds. The lowest BCUT2D eigenvalue weighted by Crippen LogP contribution is -2.36. The molecule has 4 rings (SSSR count). The highest BCUT2D eigenvalue weighted by Crippen LogP contribution is 2.30. The van der Waals surface area contributed by atoms with Gasteiger partial charge in [0, 0.05) is 23.1 Å². The van der Waals surface area contributed by atoms with Crippen molar-refractivity contribution >= 4 is 52.0 Å². The summed E-state index contributed by atoms with van der Waals surface area (Å²) in [7, 11) is 0. The molecule has 152 valence electrons. The predicted octanol–water partition coefficient (Wildman–Crippen LogP) is 5.35. The van der Waals surface area contributed by atoms with Gasteiger partial charge in [-0.15, -0.1) is 0 Å². The maximum atomic E-state index is 13.1. The lowest BCUT2D eigenvalue weighted by molar-refractivity contribution is 0.177. The molecule has 0 saturated carbocycles. The summed E-state index contributed by atoms with van der Waals surface area (Å²) in [6, 6.07) is 8.80. The lowest BCUT2D eigenvalue weighted by atomic mass is 10.1. The number of likely N-dealkylation sites (N-methyl/N-ethyl adjacent to an activating group) is 1. The Balaban J connectivity index is 1.57. The van der Waals surface area contributed by atoms with E-state index in [4.69, 9.17) is 34.8 Å². The number of aromatic nitrogens is 3. The first-order chi connectivity index (χ1) is 13.9. The number of benzene rings is 1. The first-order valence-electron chi connectivity index (χ1n) is 9.40. The summed E-state index contributed by atoms with van der Waals surface area (Å²) in [6.45, 7) is 5.14. The minimum absolute atomic E-state index is 0.0125. The van der Waals surface area contributed by atoms with Crippen molar-refractivity contribution in [3.05, 3.63) is 56.9 Å². The summed E-state index contributed by atoms with van der Waals surface area (Å²) in [4.78, 5) is 28.8. The number of amides is 2. The van der Waals surface area contributed by atoms with Gasteiger partial charge < -0.3 is 14.8 Å². The third kappa shape index (κ3) is 3.89. The number of nitrogens with zero attached hydrogens (tertiary/aromatic N) is 4. The van der Waals surface area contributed by atoms with Crippen molar-refractivity contribution in [3.8, 4) is 0 Å². The highest BCUT2D eigenvalue weighted by Gasteiger charge is 2.39. The van der Waals surface area contributed by atoms with E-state index in [9.17, 15) is 4.79 Å². The molecule has 0 bridgehead atoms. The molecule has 0 radical (unpaired) electrons. The van der Waals surface area contributed by atoms with Crippen LogP contribution < -0.4 is 0 Å². The van der Waals surface area contributed by atoms with E-state index >= 15 is 0 Å². The highest BCUT2D eigenvalue weighted by molar-refractivity contribution is 6.35. The smallest absolute Gasteiger partial charge is 0.321 e. The van der Waals surface area contributed by atoms with Crippen molar-refractivity contribution in [2.24, 2.45) is 0 Å². The van der Waals surface area contributed by atoms with Crippen LogP contribution in [-0.2, 0) is 6.42 Å². The summed E-state index contributed by atoms with van der Waals surface area (Å²) < 4.78 is 0. The molecule has 2 unspecified atom stereocenters. The van der Waals surface area contributed by atoms with Gasteiger partial charge in [0.05, 0.1) is 17.6 Å². The van der Waals surface area contributed by atoms with Crippen LogP contribution in [0.2, 0.25) is 15.2 Å². The first-order valence-corrected chi connectivity index (χ1v) is 10.5. The summed E-state index contributed by atoms with van der Waals surface area (Å²) in [6.07, 6.45) is 0.663. The van der Waals surface area contributed by atoms with E-state index in [1.54, 1.807) is 12.1 Å². The molecule has 6 nitrogen and oxygen atoms in total. The Morgan fingerprint density at radius 3 is 2.72 bits per heavy atom. The Labute approximate surface area is 183 Å². The number of carbonyl (C=O) groups is 1. The van der Waals surface area contributed by atoms with Gasteiger partial charge >= 0.3 is 6.03 Å². The second kappa shape index (κ2) is 8.01. The minimum Gasteiger partial charge on any atom is -0.339 e. The van der Waals surface area contributed by atoms with Gasteiger partial charge in [0.2, 0.25) is 0 Å². The van der Waals surface area contributed by atoms with Crippen molar-refractivity contribution in [1.29, 1.82) is 0 Å². The van der Waals surface area contributed by atoms with Crippen molar-refractivity contribution < 1.29 is 4.79 Å². The fourth-order valence-electron chi connectivity index (χ4n) is 3.79. The van der Waals surface area contributed by atoms with E-state index in [-0.39, 0.29) is 18.1 Å². The average Bonchev–Trinajstić information content (AvgIpc) is 3.23. The van der Waals surface area contributed by atoms with E-state index in [2.05, 4.69) is 15.0 Å². The van der Waals surface area contributed by atoms with Crippen molar-refractivity contribution in [3.63, 3.8) is 0 Å². The standard InChI is InChI=1S/C20H20Cl3N5O/c1-3-27-14(8-12-4-5-13(21)9-15(12)22)10-28(20(27)29)11(2)18-24-16-6-7-17(23)25-19(16)26-18/h4-7,9,11,14H,3,8,10H2,1-2H3,(H,24,25,26). The predicted molar refractivity (Wildman–Crippen MR) is 116 cm³/mol. The maximum Gasteiger partial charge on any atom is 0.321 e. The molecular weight excluding hydrogens is 433 g/mol. The van der Waals surface area contributed by atoms with Gasteiger partial charge in [0.1, 0.15) is 11.0 Å². The molecule has 1 aliphatic heterocycles. The molecule has 0 spiro atoms. The Hall–Kier alpha value is -2.02. The zero-order valence-corrected chi connectivity index (χ0v) is 18.3. The van der Waals surface area contributed by atoms with Crippen LogP contribution in [-0.4, -0.2) is 49.9 Å². The molecule has 1 fully saturated rings. The number of hydrogen-bond acceptors (Lipinski definition) is 3. The maximum absolute atomic E-state index is 13.1. The molecule has 2 atom stereocenters. The number of rotatable bonds is 5. The largest absolute Gasteiger partial charge is 0.339 e. The number of fused-ring (bicyclic) bond motifs is 1. The summed E-state index contributed by atoms with van der Waals surface area (Å²) in [5, 5.41) is 1.60. The highest BCUT2D eigenvalue weighted by atomic mass is 35.5. The van der Waals surface area contributed by atoms with Gasteiger partial charge in [-0.1, -0.05) is 40.9 Å². The second-order valence-corrected chi connectivity index (χ2v) is 8.35. The van der Waals surface area contributed by atoms with E-state index < -0.39 is 0 Å². The molecule has 3 aromatic rings. The molecule has 3 heterocycles. The average molecular weight is 453 g/mol. The van der Waals surface area contributed by atoms with Crippen LogP contribution >= 0.6 is 34.8 Å². The van der Waals surface area contributed by atoms with E-state index in [0.29, 0.717) is 46.2 Å².